The molecule has 0 unspecified atom stereocenters. The van der Waals surface area contributed by atoms with Crippen LogP contribution in [-0.4, -0.2) is 23.9 Å². The van der Waals surface area contributed by atoms with E-state index < -0.39 is 0 Å². The molecule has 1 aliphatic carbocycles. The quantitative estimate of drug-likeness (QED) is 0.248. The second kappa shape index (κ2) is 9.03. The minimum Gasteiger partial charge on any atom is -0.495 e. The van der Waals surface area contributed by atoms with Gasteiger partial charge in [-0.15, -0.1) is 0 Å². The van der Waals surface area contributed by atoms with Crippen LogP contribution in [0.2, 0.25) is 0 Å². The molecule has 0 aromatic rings. The van der Waals surface area contributed by atoms with E-state index in [0.717, 1.165) is 24.1 Å². The lowest BCUT2D eigenvalue weighted by molar-refractivity contribution is 0.0846. The summed E-state index contributed by atoms with van der Waals surface area (Å²) in [7, 11) is 1.84. The molecular formula is C19H32BO2S. The Morgan fingerprint density at radius 1 is 1.26 bits per heavy atom. The first kappa shape index (κ1) is 20.4. The van der Waals surface area contributed by atoms with Gasteiger partial charge >= 0.3 is 7.48 Å². The largest absolute Gasteiger partial charge is 0.495 e. The number of allylic oxidation sites excluding steroid dienone is 6. The van der Waals surface area contributed by atoms with Crippen LogP contribution >= 0.6 is 12.6 Å². The number of hydrogen-bond donors (Lipinski definition) is 1. The molecule has 0 atom stereocenters. The molecule has 0 saturated heterocycles. The van der Waals surface area contributed by atoms with Gasteiger partial charge in [-0.05, 0) is 60.0 Å². The first-order valence-corrected chi connectivity index (χ1v) is 9.05. The second-order valence-electron chi connectivity index (χ2n) is 7.25. The van der Waals surface area contributed by atoms with Gasteiger partial charge in [-0.1, -0.05) is 37.0 Å². The lowest BCUT2D eigenvalue weighted by atomic mass is 9.82. The zero-order valence-corrected chi connectivity index (χ0v) is 16.5. The molecule has 1 fully saturated rings. The lowest BCUT2D eigenvalue weighted by Gasteiger charge is -2.38. The van der Waals surface area contributed by atoms with Gasteiger partial charge in [-0.25, -0.2) is 0 Å². The first-order valence-electron chi connectivity index (χ1n) is 8.61. The summed E-state index contributed by atoms with van der Waals surface area (Å²) in [6.45, 7) is 12.4. The molecule has 2 nitrogen and oxygen atoms in total. The van der Waals surface area contributed by atoms with Gasteiger partial charge < -0.3 is 9.39 Å². The molecule has 0 spiro atoms. The molecule has 0 aliphatic heterocycles. The summed E-state index contributed by atoms with van der Waals surface area (Å²) in [5.41, 5.74) is 0.726. The van der Waals surface area contributed by atoms with Crippen LogP contribution in [0, 0.1) is 0 Å². The smallest absolute Gasteiger partial charge is 0.330 e. The van der Waals surface area contributed by atoms with E-state index in [0.29, 0.717) is 6.10 Å². The van der Waals surface area contributed by atoms with Gasteiger partial charge in [0.15, 0.2) is 0 Å². The highest BCUT2D eigenvalue weighted by atomic mass is 32.1. The molecule has 0 heterocycles. The van der Waals surface area contributed by atoms with Crippen molar-refractivity contribution in [3.8, 4) is 0 Å². The molecule has 129 valence electrons. The van der Waals surface area contributed by atoms with Crippen LogP contribution in [0.4, 0.5) is 0 Å². The van der Waals surface area contributed by atoms with E-state index in [1.54, 1.807) is 0 Å². The van der Waals surface area contributed by atoms with E-state index in [-0.39, 0.29) is 10.3 Å². The Morgan fingerprint density at radius 2 is 1.91 bits per heavy atom. The van der Waals surface area contributed by atoms with Crippen molar-refractivity contribution in [3.05, 3.63) is 35.5 Å². The standard InChI is InChI=1S/C19H32BO2S/c1-7-8-11-16(20-22-18(3,4)19(5,6)23)12-9-10-15(2)21-17-13-14-17/h9-12,17,23H,7-8,13-14H2,1-6H3/b12-9-,15-10+,16-11-. The monoisotopic (exact) mass is 335 g/mol. The summed E-state index contributed by atoms with van der Waals surface area (Å²) in [6.07, 6.45) is 13.3. The second-order valence-corrected chi connectivity index (χ2v) is 8.37. The van der Waals surface area contributed by atoms with E-state index in [1.807, 2.05) is 26.6 Å². The molecule has 0 aromatic carbocycles. The van der Waals surface area contributed by atoms with Crippen LogP contribution in [0.25, 0.3) is 0 Å². The third-order valence-corrected chi connectivity index (χ3v) is 4.67. The maximum Gasteiger partial charge on any atom is 0.330 e. The van der Waals surface area contributed by atoms with Gasteiger partial charge in [0.1, 0.15) is 0 Å². The van der Waals surface area contributed by atoms with Gasteiger partial charge in [0.2, 0.25) is 0 Å². The van der Waals surface area contributed by atoms with Gasteiger partial charge in [0, 0.05) is 4.75 Å². The topological polar surface area (TPSA) is 18.5 Å². The van der Waals surface area contributed by atoms with E-state index in [1.165, 1.54) is 12.8 Å². The summed E-state index contributed by atoms with van der Waals surface area (Å²) >= 11 is 4.63. The summed E-state index contributed by atoms with van der Waals surface area (Å²) in [6, 6.07) is 0. The molecule has 1 radical (unpaired) electrons. The molecule has 1 saturated carbocycles. The van der Waals surface area contributed by atoms with Crippen LogP contribution in [0.5, 0.6) is 0 Å². The maximum atomic E-state index is 6.01. The van der Waals surface area contributed by atoms with Gasteiger partial charge in [-0.2, -0.15) is 12.6 Å². The van der Waals surface area contributed by atoms with Crippen molar-refractivity contribution in [3.63, 3.8) is 0 Å². The van der Waals surface area contributed by atoms with E-state index in [4.69, 9.17) is 9.39 Å². The van der Waals surface area contributed by atoms with Crippen molar-refractivity contribution < 1.29 is 9.39 Å². The fourth-order valence-corrected chi connectivity index (χ4v) is 1.66. The van der Waals surface area contributed by atoms with Crippen LogP contribution < -0.4 is 0 Å². The van der Waals surface area contributed by atoms with Gasteiger partial charge in [-0.3, -0.25) is 0 Å². The molecule has 0 amide bonds. The van der Waals surface area contributed by atoms with Crippen LogP contribution in [0.1, 0.15) is 67.2 Å². The Bertz CT molecular complexity index is 454. The van der Waals surface area contributed by atoms with Crippen molar-refractivity contribution in [2.75, 3.05) is 0 Å². The summed E-state index contributed by atoms with van der Waals surface area (Å²) in [5.74, 6) is 0.969. The average molecular weight is 335 g/mol. The molecule has 1 rings (SSSR count). The Labute approximate surface area is 149 Å². The van der Waals surface area contributed by atoms with Crippen LogP contribution in [-0.2, 0) is 9.39 Å². The third-order valence-electron chi connectivity index (χ3n) is 4.13. The minimum absolute atomic E-state index is 0.225. The van der Waals surface area contributed by atoms with Crippen LogP contribution in [0.15, 0.2) is 35.5 Å². The highest BCUT2D eigenvalue weighted by Gasteiger charge is 2.34. The maximum absolute atomic E-state index is 6.01. The average Bonchev–Trinajstić information content (AvgIpc) is 3.23. The van der Waals surface area contributed by atoms with Crippen molar-refractivity contribution in [2.24, 2.45) is 0 Å². The molecule has 0 aromatic heterocycles. The van der Waals surface area contributed by atoms with Crippen molar-refractivity contribution in [1.82, 2.24) is 0 Å². The lowest BCUT2D eigenvalue weighted by Crippen LogP contribution is -2.44. The molecule has 23 heavy (non-hydrogen) atoms. The normalized spacial score (nSPS) is 17.7. The third kappa shape index (κ3) is 8.17. The van der Waals surface area contributed by atoms with Crippen molar-refractivity contribution in [1.29, 1.82) is 0 Å². The highest BCUT2D eigenvalue weighted by Crippen LogP contribution is 2.31. The Balaban J connectivity index is 2.61. The molecular weight excluding hydrogens is 303 g/mol. The Kier molecular flexibility index (Phi) is 8.02. The van der Waals surface area contributed by atoms with Gasteiger partial charge in [0.25, 0.3) is 0 Å². The zero-order valence-electron chi connectivity index (χ0n) is 15.6. The van der Waals surface area contributed by atoms with E-state index in [9.17, 15) is 0 Å². The number of ether oxygens (including phenoxy) is 1. The number of unbranched alkanes of at least 4 members (excludes halogenated alkanes) is 1. The predicted molar refractivity (Wildman–Crippen MR) is 104 cm³/mol. The SMILES string of the molecule is CCC/C=C([B]OC(C)(C)C(C)(C)S)/C=C\C=C(/C)OC1CC1. The molecule has 0 bridgehead atoms. The Hall–Kier alpha value is -0.605. The zero-order chi connectivity index (χ0) is 17.5. The molecule has 4 heteroatoms. The molecule has 1 aliphatic rings. The first-order chi connectivity index (χ1) is 10.7. The predicted octanol–water partition coefficient (Wildman–Crippen LogP) is 5.43. The van der Waals surface area contributed by atoms with Gasteiger partial charge in [0.05, 0.1) is 17.5 Å². The van der Waals surface area contributed by atoms with Crippen LogP contribution in [0.3, 0.4) is 0 Å². The van der Waals surface area contributed by atoms with E-state index >= 15 is 0 Å². The Morgan fingerprint density at radius 3 is 2.43 bits per heavy atom. The summed E-state index contributed by atoms with van der Waals surface area (Å²) in [4.78, 5) is 0. The fourth-order valence-electron chi connectivity index (χ4n) is 1.61. The number of hydrogen-bond acceptors (Lipinski definition) is 3. The number of rotatable bonds is 10. The number of thiol groups is 1. The van der Waals surface area contributed by atoms with Crippen molar-refractivity contribution >= 4 is 20.1 Å². The highest BCUT2D eigenvalue weighted by molar-refractivity contribution is 7.81. The molecule has 0 N–H and O–H groups in total. The van der Waals surface area contributed by atoms with E-state index in [2.05, 4.69) is 59.4 Å². The summed E-state index contributed by atoms with van der Waals surface area (Å²) in [5, 5.41) is 0. The minimum atomic E-state index is -0.351. The fraction of sp³-hybridized carbons (Fsp3) is 0.684. The summed E-state index contributed by atoms with van der Waals surface area (Å²) < 4.78 is 11.5. The van der Waals surface area contributed by atoms with Crippen molar-refractivity contribution in [2.45, 2.75) is 83.7 Å².